The molecule has 5 rings (SSSR count). The first-order valence-corrected chi connectivity index (χ1v) is 14.8. The number of ether oxygens (including phenoxy) is 1. The number of fused-ring (bicyclic) bond motifs is 1. The van der Waals surface area contributed by atoms with Crippen LogP contribution in [-0.2, 0) is 9.53 Å². The number of rotatable bonds is 9. The minimum absolute atomic E-state index is 0.0541. The number of nitrogens with one attached hydrogen (secondary N) is 1. The standard InChI is InChI=1S/C30H40BrN5O2/c1-20-13-21(2)36(34-20)28-15-24(14-26(31)17-28)25(16-29(37)38-3)19-35-12-10-22(18-35)6-8-27-9-7-23-5-4-11-32-30(23)33-27/h9,13-15,17,22-23,25H,4-8,10-12,16,18-19H2,1-3H3,(H,32,33). The van der Waals surface area contributed by atoms with E-state index in [0.29, 0.717) is 18.3 Å². The van der Waals surface area contributed by atoms with Gasteiger partial charge < -0.3 is 15.0 Å². The second-order valence-electron chi connectivity index (χ2n) is 11.2. The van der Waals surface area contributed by atoms with Gasteiger partial charge in [0.1, 0.15) is 5.84 Å². The van der Waals surface area contributed by atoms with Crippen molar-refractivity contribution < 1.29 is 9.53 Å². The van der Waals surface area contributed by atoms with Gasteiger partial charge in [-0.1, -0.05) is 22.0 Å². The van der Waals surface area contributed by atoms with Crippen LogP contribution in [0.2, 0.25) is 0 Å². The number of carbonyl (C=O) groups is 1. The number of nitrogens with zero attached hydrogens (tertiary/aromatic N) is 4. The molecule has 1 fully saturated rings. The Morgan fingerprint density at radius 3 is 2.89 bits per heavy atom. The SMILES string of the molecule is COC(=O)CC(CN1CCC(CCC2=CCC3CCCN=C3N2)C1)c1cc(Br)cc(-n2nc(C)cc2C)c1. The fraction of sp³-hybridized carbons (Fsp3) is 0.567. The molecule has 4 heterocycles. The molecule has 1 saturated heterocycles. The molecule has 1 aromatic carbocycles. The summed E-state index contributed by atoms with van der Waals surface area (Å²) in [5.41, 5.74) is 5.58. The van der Waals surface area contributed by atoms with Crippen molar-refractivity contribution in [1.29, 1.82) is 0 Å². The molecule has 204 valence electrons. The third-order valence-corrected chi connectivity index (χ3v) is 8.72. The lowest BCUT2D eigenvalue weighted by Crippen LogP contribution is -2.36. The number of likely N-dealkylation sites (tertiary alicyclic amines) is 1. The van der Waals surface area contributed by atoms with E-state index in [9.17, 15) is 4.79 Å². The van der Waals surface area contributed by atoms with Gasteiger partial charge in [0.05, 0.1) is 24.9 Å². The van der Waals surface area contributed by atoms with E-state index in [-0.39, 0.29) is 11.9 Å². The molecule has 38 heavy (non-hydrogen) atoms. The Labute approximate surface area is 234 Å². The average molecular weight is 583 g/mol. The molecule has 1 N–H and O–H groups in total. The number of halogens is 1. The summed E-state index contributed by atoms with van der Waals surface area (Å²) >= 11 is 3.70. The number of esters is 1. The number of methoxy groups -OCH3 is 1. The topological polar surface area (TPSA) is 71.8 Å². The quantitative estimate of drug-likeness (QED) is 0.385. The number of hydrogen-bond donors (Lipinski definition) is 1. The van der Waals surface area contributed by atoms with E-state index in [1.165, 1.54) is 44.3 Å². The van der Waals surface area contributed by atoms with Crippen molar-refractivity contribution in [3.8, 4) is 5.69 Å². The van der Waals surface area contributed by atoms with E-state index in [1.54, 1.807) is 0 Å². The van der Waals surface area contributed by atoms with Gasteiger partial charge in [-0.3, -0.25) is 9.79 Å². The van der Waals surface area contributed by atoms with Crippen LogP contribution in [0.1, 0.15) is 67.8 Å². The number of amidine groups is 1. The van der Waals surface area contributed by atoms with Crippen molar-refractivity contribution >= 4 is 27.7 Å². The Bertz CT molecular complexity index is 1220. The molecule has 8 heteroatoms. The number of aromatic nitrogens is 2. The first-order chi connectivity index (χ1) is 18.4. The maximum Gasteiger partial charge on any atom is 0.306 e. The van der Waals surface area contributed by atoms with E-state index >= 15 is 0 Å². The van der Waals surface area contributed by atoms with E-state index in [2.05, 4.69) is 68.5 Å². The van der Waals surface area contributed by atoms with Crippen LogP contribution in [0.3, 0.4) is 0 Å². The number of allylic oxidation sites excluding steroid dienone is 2. The van der Waals surface area contributed by atoms with Crippen molar-refractivity contribution in [1.82, 2.24) is 20.0 Å². The molecular formula is C30H40BrN5O2. The van der Waals surface area contributed by atoms with Gasteiger partial charge in [-0.15, -0.1) is 0 Å². The van der Waals surface area contributed by atoms with Gasteiger partial charge in [-0.05, 0) is 94.7 Å². The molecule has 1 aromatic heterocycles. The molecule has 0 spiro atoms. The summed E-state index contributed by atoms with van der Waals surface area (Å²) in [7, 11) is 1.47. The Hall–Kier alpha value is -2.45. The van der Waals surface area contributed by atoms with Gasteiger partial charge in [0.15, 0.2) is 0 Å². The number of aliphatic imine (C=N–C) groups is 1. The summed E-state index contributed by atoms with van der Waals surface area (Å²) < 4.78 is 8.05. The molecule has 3 aliphatic heterocycles. The Morgan fingerprint density at radius 1 is 1.24 bits per heavy atom. The molecule has 0 saturated carbocycles. The summed E-state index contributed by atoms with van der Waals surface area (Å²) in [6.07, 6.45) is 9.88. The molecule has 3 aliphatic rings. The summed E-state index contributed by atoms with van der Waals surface area (Å²) in [5.74, 6) is 2.40. The van der Waals surface area contributed by atoms with Crippen LogP contribution in [0.25, 0.3) is 5.69 Å². The molecule has 3 atom stereocenters. The minimum atomic E-state index is -0.169. The Balaban J connectivity index is 1.23. The first kappa shape index (κ1) is 27.1. The highest BCUT2D eigenvalue weighted by atomic mass is 79.9. The highest BCUT2D eigenvalue weighted by Gasteiger charge is 2.28. The molecule has 0 bridgehead atoms. The Kier molecular flexibility index (Phi) is 8.68. The minimum Gasteiger partial charge on any atom is -0.469 e. The van der Waals surface area contributed by atoms with E-state index in [1.807, 2.05) is 11.6 Å². The zero-order valence-electron chi connectivity index (χ0n) is 22.9. The normalized spacial score (nSPS) is 22.3. The zero-order chi connectivity index (χ0) is 26.6. The lowest BCUT2D eigenvalue weighted by molar-refractivity contribution is -0.141. The van der Waals surface area contributed by atoms with Crippen molar-refractivity contribution in [2.45, 2.75) is 64.7 Å². The summed E-state index contributed by atoms with van der Waals surface area (Å²) in [5, 5.41) is 8.31. The average Bonchev–Trinajstić information content (AvgIpc) is 3.51. The van der Waals surface area contributed by atoms with Crippen LogP contribution in [0.5, 0.6) is 0 Å². The summed E-state index contributed by atoms with van der Waals surface area (Å²) in [6.45, 7) is 8.04. The van der Waals surface area contributed by atoms with Gasteiger partial charge in [0.2, 0.25) is 0 Å². The predicted octanol–water partition coefficient (Wildman–Crippen LogP) is 5.69. The Morgan fingerprint density at radius 2 is 2.11 bits per heavy atom. The zero-order valence-corrected chi connectivity index (χ0v) is 24.5. The fourth-order valence-corrected chi connectivity index (χ4v) is 6.74. The van der Waals surface area contributed by atoms with Crippen molar-refractivity contribution in [2.24, 2.45) is 16.8 Å². The second-order valence-corrected chi connectivity index (χ2v) is 12.1. The number of hydrogen-bond acceptors (Lipinski definition) is 6. The second kappa shape index (κ2) is 12.2. The van der Waals surface area contributed by atoms with Crippen LogP contribution < -0.4 is 5.32 Å². The third-order valence-electron chi connectivity index (χ3n) is 8.26. The van der Waals surface area contributed by atoms with Gasteiger partial charge in [-0.25, -0.2) is 4.68 Å². The molecule has 2 aromatic rings. The number of benzene rings is 1. The molecule has 7 nitrogen and oxygen atoms in total. The van der Waals surface area contributed by atoms with Crippen LogP contribution in [0.15, 0.2) is 45.5 Å². The van der Waals surface area contributed by atoms with Crippen LogP contribution >= 0.6 is 15.9 Å². The van der Waals surface area contributed by atoms with Gasteiger partial charge in [-0.2, -0.15) is 5.10 Å². The van der Waals surface area contributed by atoms with Gasteiger partial charge in [0.25, 0.3) is 0 Å². The fourth-order valence-electron chi connectivity index (χ4n) is 6.24. The van der Waals surface area contributed by atoms with Gasteiger partial charge in [0, 0.05) is 47.3 Å². The lowest BCUT2D eigenvalue weighted by atomic mass is 9.91. The number of carbonyl (C=O) groups excluding carboxylic acids is 1. The van der Waals surface area contributed by atoms with Crippen LogP contribution in [0, 0.1) is 25.7 Å². The molecular weight excluding hydrogens is 542 g/mol. The van der Waals surface area contributed by atoms with Crippen LogP contribution in [-0.4, -0.2) is 59.8 Å². The first-order valence-electron chi connectivity index (χ1n) is 14.0. The highest BCUT2D eigenvalue weighted by molar-refractivity contribution is 9.10. The number of aryl methyl sites for hydroxylation is 2. The van der Waals surface area contributed by atoms with E-state index in [0.717, 1.165) is 66.1 Å². The largest absolute Gasteiger partial charge is 0.469 e. The van der Waals surface area contributed by atoms with E-state index in [4.69, 9.17) is 9.73 Å². The van der Waals surface area contributed by atoms with Crippen molar-refractivity contribution in [3.63, 3.8) is 0 Å². The van der Waals surface area contributed by atoms with Crippen molar-refractivity contribution in [2.75, 3.05) is 33.3 Å². The van der Waals surface area contributed by atoms with Crippen LogP contribution in [0.4, 0.5) is 0 Å². The summed E-state index contributed by atoms with van der Waals surface area (Å²) in [4.78, 5) is 19.7. The molecule has 0 radical (unpaired) electrons. The molecule has 3 unspecified atom stereocenters. The van der Waals surface area contributed by atoms with Crippen molar-refractivity contribution in [3.05, 3.63) is 57.5 Å². The maximum absolute atomic E-state index is 12.4. The van der Waals surface area contributed by atoms with E-state index < -0.39 is 0 Å². The predicted molar refractivity (Wildman–Crippen MR) is 155 cm³/mol. The smallest absolute Gasteiger partial charge is 0.306 e. The molecule has 0 amide bonds. The molecule has 0 aliphatic carbocycles. The maximum atomic E-state index is 12.4. The van der Waals surface area contributed by atoms with Gasteiger partial charge >= 0.3 is 5.97 Å². The highest BCUT2D eigenvalue weighted by Crippen LogP contribution is 2.32. The third kappa shape index (κ3) is 6.57. The summed E-state index contributed by atoms with van der Waals surface area (Å²) in [6, 6.07) is 8.47. The monoisotopic (exact) mass is 581 g/mol. The lowest BCUT2D eigenvalue weighted by Gasteiger charge is -2.29.